The molecular formula is C11H16N4. The summed E-state index contributed by atoms with van der Waals surface area (Å²) in [6.45, 7) is 3.93. The summed E-state index contributed by atoms with van der Waals surface area (Å²) in [7, 11) is 0. The maximum absolute atomic E-state index is 4.34. The van der Waals surface area contributed by atoms with E-state index in [1.807, 2.05) is 24.4 Å². The van der Waals surface area contributed by atoms with E-state index in [9.17, 15) is 0 Å². The van der Waals surface area contributed by atoms with Gasteiger partial charge < -0.3 is 5.43 Å². The fraction of sp³-hybridized carbons (Fsp3) is 0.455. The van der Waals surface area contributed by atoms with Crippen molar-refractivity contribution in [1.29, 1.82) is 0 Å². The van der Waals surface area contributed by atoms with E-state index in [2.05, 4.69) is 27.3 Å². The van der Waals surface area contributed by atoms with Crippen LogP contribution in [0.15, 0.2) is 29.4 Å². The lowest BCUT2D eigenvalue weighted by Crippen LogP contribution is -2.45. The highest BCUT2D eigenvalue weighted by molar-refractivity contribution is 5.54. The number of pyridine rings is 1. The molecule has 0 spiro atoms. The average Bonchev–Trinajstić information content (AvgIpc) is 2.31. The van der Waals surface area contributed by atoms with Crippen LogP contribution in [0.1, 0.15) is 19.0 Å². The van der Waals surface area contributed by atoms with Gasteiger partial charge in [0.05, 0.1) is 24.6 Å². The van der Waals surface area contributed by atoms with Crippen LogP contribution >= 0.6 is 0 Å². The number of nitrogens with zero attached hydrogens (tertiary/aromatic N) is 3. The molecule has 0 saturated heterocycles. The first kappa shape index (κ1) is 10.1. The van der Waals surface area contributed by atoms with E-state index in [1.165, 1.54) is 0 Å². The van der Waals surface area contributed by atoms with E-state index in [-0.39, 0.29) is 0 Å². The summed E-state index contributed by atoms with van der Waals surface area (Å²) in [6.07, 6.45) is 4.68. The Kier molecular flexibility index (Phi) is 3.29. The highest BCUT2D eigenvalue weighted by atomic mass is 15.5. The summed E-state index contributed by atoms with van der Waals surface area (Å²) in [5, 5.41) is 2.14. The third-order valence-electron chi connectivity index (χ3n) is 2.51. The van der Waals surface area contributed by atoms with Crippen molar-refractivity contribution in [2.24, 2.45) is 4.99 Å². The average molecular weight is 204 g/mol. The molecule has 1 unspecified atom stereocenters. The Morgan fingerprint density at radius 2 is 2.47 bits per heavy atom. The molecule has 2 rings (SSSR count). The molecule has 15 heavy (non-hydrogen) atoms. The molecule has 1 aliphatic heterocycles. The summed E-state index contributed by atoms with van der Waals surface area (Å²) in [5.74, 6) is 0. The van der Waals surface area contributed by atoms with Gasteiger partial charge in [0.15, 0.2) is 0 Å². The highest BCUT2D eigenvalue weighted by Gasteiger charge is 2.14. The van der Waals surface area contributed by atoms with Gasteiger partial charge in [-0.05, 0) is 18.6 Å². The molecule has 1 aromatic heterocycles. The fourth-order valence-corrected chi connectivity index (χ4v) is 1.61. The molecule has 0 amide bonds. The van der Waals surface area contributed by atoms with Crippen LogP contribution in [-0.4, -0.2) is 28.9 Å². The quantitative estimate of drug-likeness (QED) is 0.804. The first-order valence-corrected chi connectivity index (χ1v) is 5.31. The molecule has 0 bridgehead atoms. The molecule has 4 heteroatoms. The molecule has 1 aromatic rings. The molecule has 0 saturated carbocycles. The van der Waals surface area contributed by atoms with Gasteiger partial charge in [0.2, 0.25) is 0 Å². The van der Waals surface area contributed by atoms with E-state index in [0.29, 0.717) is 6.04 Å². The first-order chi connectivity index (χ1) is 7.38. The first-order valence-electron chi connectivity index (χ1n) is 5.31. The van der Waals surface area contributed by atoms with E-state index >= 15 is 0 Å². The minimum atomic E-state index is 0.412. The van der Waals surface area contributed by atoms with E-state index in [1.54, 1.807) is 6.34 Å². The van der Waals surface area contributed by atoms with Gasteiger partial charge in [-0.3, -0.25) is 9.98 Å². The van der Waals surface area contributed by atoms with Crippen molar-refractivity contribution in [2.45, 2.75) is 25.9 Å². The van der Waals surface area contributed by atoms with Crippen molar-refractivity contribution in [3.8, 4) is 0 Å². The number of aromatic nitrogens is 1. The van der Waals surface area contributed by atoms with Crippen molar-refractivity contribution in [1.82, 2.24) is 15.4 Å². The second kappa shape index (κ2) is 4.89. The number of aliphatic imine (C=N–C) groups is 1. The molecular weight excluding hydrogens is 188 g/mol. The van der Waals surface area contributed by atoms with Gasteiger partial charge in [0.1, 0.15) is 0 Å². The summed E-state index contributed by atoms with van der Waals surface area (Å²) in [6, 6.07) is 6.39. The Morgan fingerprint density at radius 1 is 1.53 bits per heavy atom. The van der Waals surface area contributed by atoms with Crippen molar-refractivity contribution in [3.63, 3.8) is 0 Å². The number of hydrazine groups is 1. The van der Waals surface area contributed by atoms with Crippen LogP contribution in [0.2, 0.25) is 0 Å². The summed E-state index contributed by atoms with van der Waals surface area (Å²) in [5.41, 5.74) is 4.21. The second-order valence-corrected chi connectivity index (χ2v) is 3.67. The Morgan fingerprint density at radius 3 is 3.20 bits per heavy atom. The molecule has 1 N–H and O–H groups in total. The van der Waals surface area contributed by atoms with Crippen LogP contribution in [0, 0.1) is 0 Å². The van der Waals surface area contributed by atoms with Crippen molar-refractivity contribution < 1.29 is 0 Å². The van der Waals surface area contributed by atoms with E-state index in [4.69, 9.17) is 0 Å². The van der Waals surface area contributed by atoms with Gasteiger partial charge in [-0.2, -0.15) is 0 Å². The van der Waals surface area contributed by atoms with Crippen molar-refractivity contribution in [2.75, 3.05) is 6.54 Å². The smallest absolute Gasteiger partial charge is 0.0972 e. The lowest BCUT2D eigenvalue weighted by atomic mass is 10.2. The number of rotatable bonds is 3. The lowest BCUT2D eigenvalue weighted by Gasteiger charge is -2.28. The van der Waals surface area contributed by atoms with Gasteiger partial charge in [0, 0.05) is 12.7 Å². The van der Waals surface area contributed by atoms with E-state index < -0.39 is 0 Å². The monoisotopic (exact) mass is 204 g/mol. The minimum absolute atomic E-state index is 0.412. The molecule has 0 aromatic carbocycles. The third-order valence-corrected chi connectivity index (χ3v) is 2.51. The topological polar surface area (TPSA) is 40.5 Å². The third kappa shape index (κ3) is 2.76. The molecule has 0 radical (unpaired) electrons. The van der Waals surface area contributed by atoms with Gasteiger partial charge >= 0.3 is 0 Å². The molecule has 1 aliphatic rings. The SMILES string of the molecule is CCC1CN(Cc2ccccn2)NC=N1. The van der Waals surface area contributed by atoms with Gasteiger partial charge in [-0.1, -0.05) is 13.0 Å². The van der Waals surface area contributed by atoms with E-state index in [0.717, 1.165) is 25.2 Å². The summed E-state index contributed by atoms with van der Waals surface area (Å²) >= 11 is 0. The molecule has 0 aliphatic carbocycles. The number of nitrogens with one attached hydrogen (secondary N) is 1. The lowest BCUT2D eigenvalue weighted by molar-refractivity contribution is 0.197. The minimum Gasteiger partial charge on any atom is -0.309 e. The fourth-order valence-electron chi connectivity index (χ4n) is 1.61. The van der Waals surface area contributed by atoms with Crippen LogP contribution in [0.4, 0.5) is 0 Å². The maximum Gasteiger partial charge on any atom is 0.0972 e. The summed E-state index contributed by atoms with van der Waals surface area (Å²) < 4.78 is 0. The Labute approximate surface area is 90.0 Å². The van der Waals surface area contributed by atoms with Crippen LogP contribution in [0.25, 0.3) is 0 Å². The number of hydrogen-bond acceptors (Lipinski definition) is 4. The number of hydrogen-bond donors (Lipinski definition) is 1. The molecule has 80 valence electrons. The molecule has 0 fully saturated rings. The Balaban J connectivity index is 1.93. The zero-order valence-corrected chi connectivity index (χ0v) is 8.93. The standard InChI is InChI=1S/C11H16N4/c1-2-10-7-15(14-9-13-10)8-11-5-3-4-6-12-11/h3-6,9-10H,2,7-8H2,1H3,(H,13,14). The van der Waals surface area contributed by atoms with Crippen LogP contribution in [-0.2, 0) is 6.54 Å². The summed E-state index contributed by atoms with van der Waals surface area (Å²) in [4.78, 5) is 8.64. The zero-order valence-electron chi connectivity index (χ0n) is 8.93. The van der Waals surface area contributed by atoms with Gasteiger partial charge in [-0.25, -0.2) is 5.01 Å². The van der Waals surface area contributed by atoms with Crippen LogP contribution < -0.4 is 5.43 Å². The molecule has 1 atom stereocenters. The maximum atomic E-state index is 4.34. The predicted molar refractivity (Wildman–Crippen MR) is 60.4 cm³/mol. The van der Waals surface area contributed by atoms with Crippen LogP contribution in [0.3, 0.4) is 0 Å². The highest BCUT2D eigenvalue weighted by Crippen LogP contribution is 2.06. The normalized spacial score (nSPS) is 21.3. The molecule has 4 nitrogen and oxygen atoms in total. The Bertz CT molecular complexity index is 323. The Hall–Kier alpha value is -1.42. The predicted octanol–water partition coefficient (Wildman–Crippen LogP) is 1.21. The van der Waals surface area contributed by atoms with Crippen molar-refractivity contribution >= 4 is 6.34 Å². The van der Waals surface area contributed by atoms with Gasteiger partial charge in [-0.15, -0.1) is 0 Å². The van der Waals surface area contributed by atoms with Crippen molar-refractivity contribution in [3.05, 3.63) is 30.1 Å². The zero-order chi connectivity index (χ0) is 10.5. The largest absolute Gasteiger partial charge is 0.309 e. The second-order valence-electron chi connectivity index (χ2n) is 3.67. The van der Waals surface area contributed by atoms with Crippen LogP contribution in [0.5, 0.6) is 0 Å². The molecule has 2 heterocycles. The van der Waals surface area contributed by atoms with Gasteiger partial charge in [0.25, 0.3) is 0 Å².